The molecule has 1 unspecified atom stereocenters. The summed E-state index contributed by atoms with van der Waals surface area (Å²) in [6, 6.07) is 10.3. The highest BCUT2D eigenvalue weighted by atomic mass is 16.5. The Hall–Kier alpha value is -2.14. The SMILES string of the molecule is O=C(O)c1cc(CNC2CCc3ccccc3C2)on1. The van der Waals surface area contributed by atoms with Crippen LogP contribution in [0.4, 0.5) is 0 Å². The van der Waals surface area contributed by atoms with Gasteiger partial charge in [0.15, 0.2) is 11.5 Å². The van der Waals surface area contributed by atoms with E-state index >= 15 is 0 Å². The van der Waals surface area contributed by atoms with Crippen molar-refractivity contribution in [1.29, 1.82) is 0 Å². The first-order valence-corrected chi connectivity index (χ1v) is 6.71. The lowest BCUT2D eigenvalue weighted by molar-refractivity contribution is 0.0685. The first-order chi connectivity index (χ1) is 9.72. The topological polar surface area (TPSA) is 75.4 Å². The Bertz CT molecular complexity index is 621. The Morgan fingerprint density at radius 2 is 2.20 bits per heavy atom. The quantitative estimate of drug-likeness (QED) is 0.890. The highest BCUT2D eigenvalue weighted by Crippen LogP contribution is 2.21. The lowest BCUT2D eigenvalue weighted by atomic mass is 9.88. The van der Waals surface area contributed by atoms with Gasteiger partial charge in [0.1, 0.15) is 0 Å². The van der Waals surface area contributed by atoms with Crippen LogP contribution in [0.1, 0.15) is 33.8 Å². The summed E-state index contributed by atoms with van der Waals surface area (Å²) in [6.07, 6.45) is 3.15. The predicted molar refractivity (Wildman–Crippen MR) is 72.6 cm³/mol. The molecule has 1 aliphatic carbocycles. The molecule has 2 N–H and O–H groups in total. The number of benzene rings is 1. The Balaban J connectivity index is 1.58. The molecule has 1 aromatic carbocycles. The van der Waals surface area contributed by atoms with Crippen LogP contribution in [-0.2, 0) is 19.4 Å². The van der Waals surface area contributed by atoms with Gasteiger partial charge in [0, 0.05) is 12.1 Å². The Labute approximate surface area is 116 Å². The molecule has 0 saturated heterocycles. The van der Waals surface area contributed by atoms with Crippen LogP contribution in [0.25, 0.3) is 0 Å². The molecule has 0 saturated carbocycles. The van der Waals surface area contributed by atoms with Crippen LogP contribution in [-0.4, -0.2) is 22.3 Å². The zero-order chi connectivity index (χ0) is 13.9. The maximum atomic E-state index is 10.7. The lowest BCUT2D eigenvalue weighted by Crippen LogP contribution is -2.33. The van der Waals surface area contributed by atoms with E-state index in [0.717, 1.165) is 19.3 Å². The van der Waals surface area contributed by atoms with E-state index in [0.29, 0.717) is 18.3 Å². The molecule has 0 fully saturated rings. The van der Waals surface area contributed by atoms with Crippen molar-refractivity contribution in [3.8, 4) is 0 Å². The molecule has 0 radical (unpaired) electrons. The average Bonchev–Trinajstić information content (AvgIpc) is 2.94. The largest absolute Gasteiger partial charge is 0.476 e. The van der Waals surface area contributed by atoms with E-state index in [9.17, 15) is 4.79 Å². The number of aromatic carboxylic acids is 1. The molecule has 1 heterocycles. The summed E-state index contributed by atoms with van der Waals surface area (Å²) >= 11 is 0. The fourth-order valence-corrected chi connectivity index (χ4v) is 2.61. The first kappa shape index (κ1) is 12.9. The van der Waals surface area contributed by atoms with Gasteiger partial charge in [0.25, 0.3) is 0 Å². The molecule has 5 heteroatoms. The highest BCUT2D eigenvalue weighted by Gasteiger charge is 2.18. The van der Waals surface area contributed by atoms with Crippen LogP contribution in [0.5, 0.6) is 0 Å². The molecule has 20 heavy (non-hydrogen) atoms. The Kier molecular flexibility index (Phi) is 3.52. The van der Waals surface area contributed by atoms with E-state index in [-0.39, 0.29) is 5.69 Å². The van der Waals surface area contributed by atoms with E-state index in [1.807, 2.05) is 0 Å². The van der Waals surface area contributed by atoms with Crippen LogP contribution in [0.3, 0.4) is 0 Å². The monoisotopic (exact) mass is 272 g/mol. The fourth-order valence-electron chi connectivity index (χ4n) is 2.61. The van der Waals surface area contributed by atoms with E-state index in [1.165, 1.54) is 17.2 Å². The molecule has 2 aromatic rings. The van der Waals surface area contributed by atoms with Gasteiger partial charge < -0.3 is 14.9 Å². The third-order valence-electron chi connectivity index (χ3n) is 3.69. The normalized spacial score (nSPS) is 17.7. The number of carbonyl (C=O) groups is 1. The van der Waals surface area contributed by atoms with E-state index in [2.05, 4.69) is 34.7 Å². The van der Waals surface area contributed by atoms with Gasteiger partial charge in [-0.2, -0.15) is 0 Å². The minimum Gasteiger partial charge on any atom is -0.476 e. The van der Waals surface area contributed by atoms with Crippen molar-refractivity contribution in [1.82, 2.24) is 10.5 Å². The molecule has 1 aromatic heterocycles. The minimum atomic E-state index is -1.06. The van der Waals surface area contributed by atoms with Crippen LogP contribution < -0.4 is 5.32 Å². The zero-order valence-electron chi connectivity index (χ0n) is 11.0. The lowest BCUT2D eigenvalue weighted by Gasteiger charge is -2.25. The maximum Gasteiger partial charge on any atom is 0.358 e. The number of hydrogen-bond donors (Lipinski definition) is 2. The second-order valence-electron chi connectivity index (χ2n) is 5.07. The van der Waals surface area contributed by atoms with Gasteiger partial charge in [0.2, 0.25) is 0 Å². The number of fused-ring (bicyclic) bond motifs is 1. The van der Waals surface area contributed by atoms with Crippen molar-refractivity contribution >= 4 is 5.97 Å². The number of aromatic nitrogens is 1. The summed E-state index contributed by atoms with van der Waals surface area (Å²) in [6.45, 7) is 0.507. The second kappa shape index (κ2) is 5.46. The Morgan fingerprint density at radius 3 is 2.95 bits per heavy atom. The molecule has 1 aliphatic rings. The molecular weight excluding hydrogens is 256 g/mol. The van der Waals surface area contributed by atoms with Crippen molar-refractivity contribution in [2.24, 2.45) is 0 Å². The second-order valence-corrected chi connectivity index (χ2v) is 5.07. The van der Waals surface area contributed by atoms with Crippen molar-refractivity contribution in [2.45, 2.75) is 31.8 Å². The summed E-state index contributed by atoms with van der Waals surface area (Å²) in [5.41, 5.74) is 2.77. The molecule has 5 nitrogen and oxygen atoms in total. The number of nitrogens with one attached hydrogen (secondary N) is 1. The van der Waals surface area contributed by atoms with Crippen LogP contribution in [0, 0.1) is 0 Å². The van der Waals surface area contributed by atoms with Crippen LogP contribution in [0.15, 0.2) is 34.9 Å². The summed E-state index contributed by atoms with van der Waals surface area (Å²) in [5.74, 6) is -0.507. The predicted octanol–water partition coefficient (Wildman–Crippen LogP) is 2.02. The van der Waals surface area contributed by atoms with E-state index < -0.39 is 5.97 Å². The first-order valence-electron chi connectivity index (χ1n) is 6.71. The summed E-state index contributed by atoms with van der Waals surface area (Å²) < 4.78 is 4.99. The smallest absolute Gasteiger partial charge is 0.358 e. The number of aryl methyl sites for hydroxylation is 1. The minimum absolute atomic E-state index is 0.0456. The molecule has 104 valence electrons. The van der Waals surface area contributed by atoms with Gasteiger partial charge in [-0.15, -0.1) is 0 Å². The third kappa shape index (κ3) is 2.72. The molecule has 3 rings (SSSR count). The molecule has 1 atom stereocenters. The summed E-state index contributed by atoms with van der Waals surface area (Å²) in [7, 11) is 0. The van der Waals surface area contributed by atoms with Gasteiger partial charge in [0.05, 0.1) is 6.54 Å². The van der Waals surface area contributed by atoms with Gasteiger partial charge >= 0.3 is 5.97 Å². The number of hydrogen-bond acceptors (Lipinski definition) is 4. The van der Waals surface area contributed by atoms with Crippen LogP contribution >= 0.6 is 0 Å². The van der Waals surface area contributed by atoms with Gasteiger partial charge in [-0.1, -0.05) is 29.4 Å². The molecule has 0 bridgehead atoms. The maximum absolute atomic E-state index is 10.7. The highest BCUT2D eigenvalue weighted by molar-refractivity contribution is 5.85. The number of carboxylic acids is 1. The van der Waals surface area contributed by atoms with Crippen molar-refractivity contribution < 1.29 is 14.4 Å². The number of nitrogens with zero attached hydrogens (tertiary/aromatic N) is 1. The third-order valence-corrected chi connectivity index (χ3v) is 3.69. The summed E-state index contributed by atoms with van der Waals surface area (Å²) in [5, 5.41) is 15.7. The molecule has 0 amide bonds. The van der Waals surface area contributed by atoms with Crippen molar-refractivity contribution in [2.75, 3.05) is 0 Å². The molecular formula is C15H16N2O3. The van der Waals surface area contributed by atoms with Gasteiger partial charge in [-0.05, 0) is 30.4 Å². The standard InChI is InChI=1S/C15H16N2O3/c18-15(19)14-8-13(20-17-14)9-16-12-6-5-10-3-1-2-4-11(10)7-12/h1-4,8,12,16H,5-7,9H2,(H,18,19). The fraction of sp³-hybridized carbons (Fsp3) is 0.333. The molecule has 0 aliphatic heterocycles. The van der Waals surface area contributed by atoms with Gasteiger partial charge in [-0.3, -0.25) is 0 Å². The van der Waals surface area contributed by atoms with E-state index in [1.54, 1.807) is 0 Å². The molecule has 0 spiro atoms. The zero-order valence-corrected chi connectivity index (χ0v) is 11.0. The van der Waals surface area contributed by atoms with Crippen molar-refractivity contribution in [3.63, 3.8) is 0 Å². The van der Waals surface area contributed by atoms with Gasteiger partial charge in [-0.25, -0.2) is 4.79 Å². The van der Waals surface area contributed by atoms with Crippen LogP contribution in [0.2, 0.25) is 0 Å². The average molecular weight is 272 g/mol. The van der Waals surface area contributed by atoms with E-state index in [4.69, 9.17) is 9.63 Å². The van der Waals surface area contributed by atoms with Crippen molar-refractivity contribution in [3.05, 3.63) is 52.9 Å². The number of carboxylic acid groups (broad SMARTS) is 1. The number of rotatable bonds is 4. The Morgan fingerprint density at radius 1 is 1.40 bits per heavy atom. The summed E-state index contributed by atoms with van der Waals surface area (Å²) in [4.78, 5) is 10.7.